The third-order valence-electron chi connectivity index (χ3n) is 2.68. The number of carbonyl (C=O) groups is 1. The number of hydrogen-bond acceptors (Lipinski definition) is 4. The van der Waals surface area contributed by atoms with Crippen LogP contribution in [0.4, 0.5) is 0 Å². The zero-order valence-corrected chi connectivity index (χ0v) is 11.3. The highest BCUT2D eigenvalue weighted by Crippen LogP contribution is 2.29. The van der Waals surface area contributed by atoms with Gasteiger partial charge in [-0.3, -0.25) is 4.79 Å². The summed E-state index contributed by atoms with van der Waals surface area (Å²) in [7, 11) is 0. The number of thiazole rings is 1. The molecule has 1 aliphatic carbocycles. The van der Waals surface area contributed by atoms with Crippen molar-refractivity contribution in [3.8, 4) is 0 Å². The fraction of sp³-hybridized carbons (Fsp3) is 0.545. The number of aromatic nitrogens is 1. The lowest BCUT2D eigenvalue weighted by molar-refractivity contribution is 0.0752. The van der Waals surface area contributed by atoms with Crippen LogP contribution in [-0.4, -0.2) is 33.4 Å². The first-order valence-corrected chi connectivity index (χ1v) is 6.82. The zero-order valence-electron chi connectivity index (χ0n) is 9.68. The summed E-state index contributed by atoms with van der Waals surface area (Å²) in [5.74, 6) is 0.0642. The van der Waals surface area contributed by atoms with E-state index >= 15 is 0 Å². The maximum Gasteiger partial charge on any atom is 0.265 e. The summed E-state index contributed by atoms with van der Waals surface area (Å²) in [5.41, 5.74) is 5.49. The maximum absolute atomic E-state index is 12.3. The van der Waals surface area contributed by atoms with Gasteiger partial charge in [-0.05, 0) is 19.8 Å². The Balaban J connectivity index is 2.05. The number of thiocarbonyl (C=S) groups is 1. The van der Waals surface area contributed by atoms with Crippen molar-refractivity contribution < 1.29 is 4.79 Å². The first kappa shape index (κ1) is 12.4. The van der Waals surface area contributed by atoms with Gasteiger partial charge in [0.2, 0.25) is 0 Å². The molecular weight excluding hydrogens is 254 g/mol. The van der Waals surface area contributed by atoms with Crippen molar-refractivity contribution in [1.29, 1.82) is 0 Å². The first-order valence-electron chi connectivity index (χ1n) is 5.59. The quantitative estimate of drug-likeness (QED) is 0.827. The van der Waals surface area contributed by atoms with E-state index in [4.69, 9.17) is 18.0 Å². The minimum absolute atomic E-state index is 0.0642. The molecule has 1 fully saturated rings. The number of amides is 1. The van der Waals surface area contributed by atoms with E-state index in [0.29, 0.717) is 28.9 Å². The Hall–Kier alpha value is -1.01. The van der Waals surface area contributed by atoms with Crippen LogP contribution < -0.4 is 5.73 Å². The van der Waals surface area contributed by atoms with Crippen LogP contribution in [0.25, 0.3) is 0 Å². The van der Waals surface area contributed by atoms with Crippen molar-refractivity contribution in [3.05, 3.63) is 16.1 Å². The fourth-order valence-corrected chi connectivity index (χ4v) is 2.49. The van der Waals surface area contributed by atoms with Crippen LogP contribution >= 0.6 is 23.6 Å². The molecule has 1 aromatic heterocycles. The SMILES string of the molecule is Cc1ncc(C(=O)N(CCC(N)=S)C2CC2)s1. The molecule has 1 saturated carbocycles. The highest BCUT2D eigenvalue weighted by atomic mass is 32.1. The lowest BCUT2D eigenvalue weighted by atomic mass is 10.3. The van der Waals surface area contributed by atoms with Crippen molar-refractivity contribution in [2.45, 2.75) is 32.2 Å². The van der Waals surface area contributed by atoms with Gasteiger partial charge in [0.05, 0.1) is 16.2 Å². The molecule has 17 heavy (non-hydrogen) atoms. The van der Waals surface area contributed by atoms with Gasteiger partial charge in [-0.1, -0.05) is 12.2 Å². The average molecular weight is 269 g/mol. The molecule has 6 heteroatoms. The number of nitrogens with zero attached hydrogens (tertiary/aromatic N) is 2. The van der Waals surface area contributed by atoms with E-state index in [1.165, 1.54) is 11.3 Å². The molecule has 1 aromatic rings. The molecule has 0 atom stereocenters. The van der Waals surface area contributed by atoms with Crippen molar-refractivity contribution in [2.75, 3.05) is 6.54 Å². The monoisotopic (exact) mass is 269 g/mol. The minimum Gasteiger partial charge on any atom is -0.393 e. The predicted octanol–water partition coefficient (Wildman–Crippen LogP) is 1.73. The van der Waals surface area contributed by atoms with Crippen molar-refractivity contribution in [3.63, 3.8) is 0 Å². The van der Waals surface area contributed by atoms with E-state index in [9.17, 15) is 4.79 Å². The molecule has 1 heterocycles. The van der Waals surface area contributed by atoms with Crippen LogP contribution in [0.3, 0.4) is 0 Å². The van der Waals surface area contributed by atoms with Gasteiger partial charge in [-0.15, -0.1) is 11.3 Å². The largest absolute Gasteiger partial charge is 0.393 e. The predicted molar refractivity (Wildman–Crippen MR) is 72.3 cm³/mol. The summed E-state index contributed by atoms with van der Waals surface area (Å²) in [5, 5.41) is 0.915. The van der Waals surface area contributed by atoms with Crippen molar-refractivity contribution in [1.82, 2.24) is 9.88 Å². The molecule has 2 N–H and O–H groups in total. The van der Waals surface area contributed by atoms with Gasteiger partial charge in [-0.2, -0.15) is 0 Å². The molecule has 0 aromatic carbocycles. The molecule has 0 aliphatic heterocycles. The summed E-state index contributed by atoms with van der Waals surface area (Å²) < 4.78 is 0. The normalized spacial score (nSPS) is 14.6. The second-order valence-electron chi connectivity index (χ2n) is 4.19. The van der Waals surface area contributed by atoms with Gasteiger partial charge in [0.15, 0.2) is 0 Å². The molecule has 4 nitrogen and oxygen atoms in total. The van der Waals surface area contributed by atoms with Crippen molar-refractivity contribution >= 4 is 34.5 Å². The third-order valence-corrected chi connectivity index (χ3v) is 3.78. The van der Waals surface area contributed by atoms with Crippen LogP contribution in [0.1, 0.15) is 33.9 Å². The highest BCUT2D eigenvalue weighted by molar-refractivity contribution is 7.80. The van der Waals surface area contributed by atoms with E-state index < -0.39 is 0 Å². The first-order chi connectivity index (χ1) is 8.08. The summed E-state index contributed by atoms with van der Waals surface area (Å²) in [6.45, 7) is 2.52. The molecule has 2 rings (SSSR count). The standard InChI is InChI=1S/C11H15N3OS2/c1-7-13-6-9(17-7)11(15)14(8-2-3-8)5-4-10(12)16/h6,8H,2-5H2,1H3,(H2,12,16). The molecule has 0 unspecified atom stereocenters. The second kappa shape index (κ2) is 5.10. The number of hydrogen-bond donors (Lipinski definition) is 1. The topological polar surface area (TPSA) is 59.2 Å². The number of aryl methyl sites for hydroxylation is 1. The van der Waals surface area contributed by atoms with E-state index in [1.807, 2.05) is 11.8 Å². The van der Waals surface area contributed by atoms with Gasteiger partial charge in [0.1, 0.15) is 4.88 Å². The smallest absolute Gasteiger partial charge is 0.265 e. The van der Waals surface area contributed by atoms with Gasteiger partial charge in [0, 0.05) is 19.0 Å². The van der Waals surface area contributed by atoms with Gasteiger partial charge >= 0.3 is 0 Å². The summed E-state index contributed by atoms with van der Waals surface area (Å²) in [4.78, 5) is 19.4. The number of nitrogens with two attached hydrogens (primary N) is 1. The van der Waals surface area contributed by atoms with Gasteiger partial charge in [0.25, 0.3) is 5.91 Å². The summed E-state index contributed by atoms with van der Waals surface area (Å²) in [6.07, 6.45) is 4.41. The molecule has 0 saturated heterocycles. The van der Waals surface area contributed by atoms with E-state index in [-0.39, 0.29) is 5.91 Å². The van der Waals surface area contributed by atoms with Crippen LogP contribution in [0, 0.1) is 6.92 Å². The Labute approximate surface area is 110 Å². The molecule has 92 valence electrons. The Morgan fingerprint density at radius 1 is 1.71 bits per heavy atom. The van der Waals surface area contributed by atoms with Gasteiger partial charge in [-0.25, -0.2) is 4.98 Å². The Kier molecular flexibility index (Phi) is 3.73. The molecular formula is C11H15N3OS2. The van der Waals surface area contributed by atoms with Crippen LogP contribution in [-0.2, 0) is 0 Å². The zero-order chi connectivity index (χ0) is 12.4. The minimum atomic E-state index is 0.0642. The maximum atomic E-state index is 12.3. The molecule has 1 amide bonds. The summed E-state index contributed by atoms with van der Waals surface area (Å²) >= 11 is 6.30. The fourth-order valence-electron chi connectivity index (χ4n) is 1.67. The molecule has 0 radical (unpaired) electrons. The lowest BCUT2D eigenvalue weighted by Crippen LogP contribution is -2.35. The third kappa shape index (κ3) is 3.23. The van der Waals surface area contributed by atoms with Crippen LogP contribution in [0.15, 0.2) is 6.20 Å². The van der Waals surface area contributed by atoms with E-state index in [2.05, 4.69) is 4.98 Å². The Morgan fingerprint density at radius 2 is 2.41 bits per heavy atom. The van der Waals surface area contributed by atoms with E-state index in [0.717, 1.165) is 17.8 Å². The van der Waals surface area contributed by atoms with Crippen molar-refractivity contribution in [2.24, 2.45) is 5.73 Å². The summed E-state index contributed by atoms with van der Waals surface area (Å²) in [6, 6.07) is 0.374. The van der Waals surface area contributed by atoms with Gasteiger partial charge < -0.3 is 10.6 Å². The number of rotatable bonds is 5. The molecule has 1 aliphatic rings. The number of carbonyl (C=O) groups excluding carboxylic acids is 1. The van der Waals surface area contributed by atoms with E-state index in [1.54, 1.807) is 6.20 Å². The lowest BCUT2D eigenvalue weighted by Gasteiger charge is -2.21. The Morgan fingerprint density at radius 3 is 2.88 bits per heavy atom. The average Bonchev–Trinajstić information content (AvgIpc) is 3.00. The van der Waals surface area contributed by atoms with Crippen LogP contribution in [0.2, 0.25) is 0 Å². The Bertz CT molecular complexity index is 440. The van der Waals surface area contributed by atoms with Crippen LogP contribution in [0.5, 0.6) is 0 Å². The molecule has 0 spiro atoms. The highest BCUT2D eigenvalue weighted by Gasteiger charge is 2.33. The second-order valence-corrected chi connectivity index (χ2v) is 5.95. The molecule has 0 bridgehead atoms.